The summed E-state index contributed by atoms with van der Waals surface area (Å²) in [6.45, 7) is 0.214. The number of aliphatic hydroxyl groups excluding tert-OH is 2. The van der Waals surface area contributed by atoms with Gasteiger partial charge in [0.15, 0.2) is 0 Å². The number of carboxylic acid groups (broad SMARTS) is 1. The van der Waals surface area contributed by atoms with Gasteiger partial charge in [-0.2, -0.15) is 23.5 Å². The first-order valence-electron chi connectivity index (χ1n) is 31.9. The molecule has 17 N–H and O–H groups in total. The van der Waals surface area contributed by atoms with Crippen LogP contribution in [0, 0.1) is 11.6 Å². The largest absolute Gasteiger partial charge is 0.508 e. The smallest absolute Gasteiger partial charge is 0.305 e. The molecule has 4 aromatic carbocycles. The minimum atomic E-state index is -2.12. The summed E-state index contributed by atoms with van der Waals surface area (Å²) in [7, 11) is 0. The summed E-state index contributed by atoms with van der Waals surface area (Å²) in [6, 6.07) is 10.1. The van der Waals surface area contributed by atoms with Gasteiger partial charge in [0.1, 0.15) is 59.4 Å². The van der Waals surface area contributed by atoms with Gasteiger partial charge in [-0.25, -0.2) is 13.8 Å². The van der Waals surface area contributed by atoms with Crippen molar-refractivity contribution in [2.75, 3.05) is 31.2 Å². The van der Waals surface area contributed by atoms with Crippen molar-refractivity contribution in [3.05, 3.63) is 155 Å². The number of phenolic OH excluding ortho intramolecular Hbond substituents is 1. The quantitative estimate of drug-likeness (QED) is 0.0772. The number of aliphatic hydroxyl groups is 2. The van der Waals surface area contributed by atoms with Crippen LogP contribution >= 0.6 is 23.5 Å². The molecule has 3 aromatic heterocycles. The van der Waals surface area contributed by atoms with Crippen molar-refractivity contribution in [3.63, 3.8) is 0 Å². The van der Waals surface area contributed by atoms with Crippen LogP contribution in [0.1, 0.15) is 72.5 Å². The number of phenols is 1. The summed E-state index contributed by atoms with van der Waals surface area (Å²) in [6.07, 6.45) is 1.15. The zero-order valence-electron chi connectivity index (χ0n) is 53.7. The van der Waals surface area contributed by atoms with Gasteiger partial charge in [-0.3, -0.25) is 53.3 Å². The molecule has 32 heteroatoms. The van der Waals surface area contributed by atoms with Crippen LogP contribution in [0.2, 0.25) is 0 Å². The lowest BCUT2D eigenvalue weighted by molar-refractivity contribution is -0.147. The van der Waals surface area contributed by atoms with E-state index in [9.17, 15) is 62.8 Å². The first-order chi connectivity index (χ1) is 47.4. The second-order valence-corrected chi connectivity index (χ2v) is 26.6. The summed E-state index contributed by atoms with van der Waals surface area (Å²) < 4.78 is 29.8. The Morgan fingerprint density at radius 1 is 0.697 bits per heavy atom. The lowest BCUT2D eigenvalue weighted by atomic mass is 9.95. The summed E-state index contributed by atoms with van der Waals surface area (Å²) in [5.41, 5.74) is 8.23. The van der Waals surface area contributed by atoms with Crippen LogP contribution in [-0.2, 0) is 85.1 Å². The first-order valence-corrected chi connectivity index (χ1v) is 34.2. The lowest BCUT2D eigenvalue weighted by Gasteiger charge is -2.37. The zero-order valence-corrected chi connectivity index (χ0v) is 55.4. The maximum Gasteiger partial charge on any atom is 0.305 e. The fraction of sp³-hybridized carbons (Fsp3) is 0.388. The van der Waals surface area contributed by atoms with Gasteiger partial charge in [0, 0.05) is 108 Å². The van der Waals surface area contributed by atoms with Crippen molar-refractivity contribution in [1.82, 2.24) is 67.4 Å². The monoisotopic (exact) mass is 1400 g/mol. The average Bonchev–Trinajstić information content (AvgIpc) is 1.69. The molecule has 99 heavy (non-hydrogen) atoms. The molecular formula is C67H78F2N14O14S2. The number of amides is 9. The number of carboxylic acids is 1. The molecule has 9 rings (SSSR count). The minimum Gasteiger partial charge on any atom is -0.508 e. The predicted molar refractivity (Wildman–Crippen MR) is 361 cm³/mol. The second-order valence-electron chi connectivity index (χ2n) is 24.5. The third kappa shape index (κ3) is 19.9. The number of fused-ring (bicyclic) bond motifs is 5. The van der Waals surface area contributed by atoms with Crippen LogP contribution in [0.25, 0.3) is 21.8 Å². The molecule has 0 radical (unpaired) electrons. The highest BCUT2D eigenvalue weighted by molar-refractivity contribution is 7.98. The van der Waals surface area contributed by atoms with Crippen molar-refractivity contribution in [2.24, 2.45) is 5.73 Å². The molecule has 1 saturated heterocycles. The van der Waals surface area contributed by atoms with E-state index in [0.717, 1.165) is 11.1 Å². The summed E-state index contributed by atoms with van der Waals surface area (Å²) >= 11 is 2.74. The number of H-pyrrole nitrogens is 3. The number of carbonyl (C=O) groups is 10. The van der Waals surface area contributed by atoms with Crippen LogP contribution in [0.4, 0.5) is 8.78 Å². The Morgan fingerprint density at radius 3 is 1.97 bits per heavy atom. The number of nitrogens with one attached hydrogen (secondary N) is 11. The van der Waals surface area contributed by atoms with E-state index in [0.29, 0.717) is 51.2 Å². The summed E-state index contributed by atoms with van der Waals surface area (Å²) in [5, 5.41) is 64.4. The molecule has 1 fully saturated rings. The molecular weight excluding hydrogens is 1330 g/mol. The topological polar surface area (TPSA) is 437 Å². The van der Waals surface area contributed by atoms with E-state index in [2.05, 4.69) is 62.5 Å². The first kappa shape index (κ1) is 73.4. The van der Waals surface area contributed by atoms with E-state index < -0.39 is 151 Å². The molecule has 2 aliphatic rings. The van der Waals surface area contributed by atoms with Crippen LogP contribution in [0.3, 0.4) is 0 Å². The molecule has 9 atom stereocenters. The fourth-order valence-electron chi connectivity index (χ4n) is 11.9. The molecule has 0 spiro atoms. The van der Waals surface area contributed by atoms with Gasteiger partial charge in [0.25, 0.3) is 0 Å². The van der Waals surface area contributed by atoms with Gasteiger partial charge in [-0.1, -0.05) is 36.4 Å². The number of aromatic hydroxyl groups is 1. The van der Waals surface area contributed by atoms with Crippen molar-refractivity contribution in [1.29, 1.82) is 0 Å². The van der Waals surface area contributed by atoms with Crippen molar-refractivity contribution in [2.45, 2.75) is 130 Å². The number of hydrogen-bond acceptors (Lipinski definition) is 17. The zero-order chi connectivity index (χ0) is 70.9. The van der Waals surface area contributed by atoms with Gasteiger partial charge >= 0.3 is 5.97 Å². The van der Waals surface area contributed by atoms with Gasteiger partial charge < -0.3 is 83.2 Å². The molecule has 2 aliphatic heterocycles. The number of nitrogens with zero attached hydrogens (tertiary/aromatic N) is 2. The maximum atomic E-state index is 15.2. The van der Waals surface area contributed by atoms with Crippen LogP contribution < -0.4 is 48.3 Å². The molecule has 526 valence electrons. The number of carbonyl (C=O) groups excluding carboxylic acids is 9. The number of aromatic amines is 3. The third-order valence-electron chi connectivity index (χ3n) is 17.2. The number of primary amides is 1. The Morgan fingerprint density at radius 2 is 1.32 bits per heavy atom. The van der Waals surface area contributed by atoms with Gasteiger partial charge in [0.05, 0.1) is 31.4 Å². The van der Waals surface area contributed by atoms with E-state index in [1.807, 2.05) is 24.3 Å². The van der Waals surface area contributed by atoms with E-state index in [-0.39, 0.29) is 73.2 Å². The molecule has 1 unspecified atom stereocenters. The standard InChI is InChI=1S/C67H78F2N14O14S2/c1-67-16-3-17-83(67)65(96)54(21-36-6-10-44(85)11-7-36)81-63(94)52(26-43-30-71-35-75-43)79-64(95)53(27-58(88)89)80-62(93)51(23-40-29-73-48-13-9-42(69)25-46(40)48)78-61(92)50(22-39-28-72-47-12-8-41(68)24-45(39)47)77-57(87)31-74-60(91)49(14-18-84)76-56(86)15-19-98-32-37-4-2-5-38(20-37)33-99-34-55(59(70)90)82-66(67)97/h2,4-13,20,24-25,28-30,35,49-55,62,72-73,80,84-85,93H,3,14-19,21-23,26-27,31-34H2,1H3,(H2,70,90)(H,71,75)(H,74,91)(H,76,86)(H,77,87)(H,78,92)(H,79,95)(H,81,94)(H,82,97)(H,88,89)/t49-,50-,51-,52-,53-,54-,55-,62?,67-/m0/s1. The maximum absolute atomic E-state index is 15.2. The van der Waals surface area contributed by atoms with Crippen LogP contribution in [0.15, 0.2) is 110 Å². The highest BCUT2D eigenvalue weighted by Crippen LogP contribution is 2.32. The van der Waals surface area contributed by atoms with Crippen molar-refractivity contribution < 1.29 is 77.2 Å². The second kappa shape index (κ2) is 34.1. The van der Waals surface area contributed by atoms with Crippen LogP contribution in [-0.4, -0.2) is 190 Å². The molecule has 5 heterocycles. The number of aliphatic carboxylic acids is 1. The van der Waals surface area contributed by atoms with Gasteiger partial charge in [0.2, 0.25) is 53.2 Å². The Hall–Kier alpha value is -9.89. The van der Waals surface area contributed by atoms with Crippen molar-refractivity contribution in [3.8, 4) is 5.75 Å². The number of hydrogen-bond donors (Lipinski definition) is 16. The summed E-state index contributed by atoms with van der Waals surface area (Å²) in [5.74, 6) is -9.66. The SMILES string of the molecule is C[C@@]12CCCN1C(=O)[C@H](Cc1ccc(O)cc1)NC(=O)[C@H](Cc1cnc[nH]1)NC(=O)[C@H](CC(=O)O)NC(O)[C@H](Cc1c[nH]c3ccc(F)cc13)NC(=O)[C@H](Cc1c[nH]c3ccc(F)cc13)NC(=O)CNC(=O)[C@H](CCO)NC(=O)CCSCc1cccc(c1)CSC[C@@H](C(N)=O)NC2=O. The molecule has 0 saturated carbocycles. The Kier molecular flexibility index (Phi) is 25.2. The van der Waals surface area contributed by atoms with E-state index in [1.54, 1.807) is 0 Å². The van der Waals surface area contributed by atoms with Crippen molar-refractivity contribution >= 4 is 104 Å². The highest BCUT2D eigenvalue weighted by Gasteiger charge is 2.49. The average molecular weight is 1410 g/mol. The van der Waals surface area contributed by atoms with E-state index in [4.69, 9.17) is 5.73 Å². The van der Waals surface area contributed by atoms with E-state index >= 15 is 14.4 Å². The molecule has 7 aromatic rings. The number of halogens is 2. The van der Waals surface area contributed by atoms with E-state index in [1.165, 1.54) is 121 Å². The minimum absolute atomic E-state index is 0.0184. The number of nitrogens with two attached hydrogens (primary N) is 1. The fourth-order valence-corrected chi connectivity index (χ4v) is 13.8. The number of aromatic nitrogens is 4. The predicted octanol–water partition coefficient (Wildman–Crippen LogP) is 1.22. The summed E-state index contributed by atoms with van der Waals surface area (Å²) in [4.78, 5) is 156. The number of thioether (sulfide) groups is 2. The van der Waals surface area contributed by atoms with Crippen LogP contribution in [0.5, 0.6) is 5.75 Å². The Balaban J connectivity index is 1.05. The number of rotatable bonds is 13. The normalized spacial score (nSPS) is 23.7. The Bertz CT molecular complexity index is 4070. The molecule has 9 amide bonds. The van der Waals surface area contributed by atoms with Gasteiger partial charge in [-0.15, -0.1) is 0 Å². The molecule has 2 bridgehead atoms. The molecule has 0 aliphatic carbocycles. The number of imidazole rings is 1. The molecule has 28 nitrogen and oxygen atoms in total. The third-order valence-corrected chi connectivity index (χ3v) is 19.3. The highest BCUT2D eigenvalue weighted by atomic mass is 32.2. The van der Waals surface area contributed by atoms with Gasteiger partial charge in [-0.05, 0) is 109 Å². The number of benzene rings is 4. The Labute approximate surface area is 574 Å². The lowest BCUT2D eigenvalue weighted by Crippen LogP contribution is -2.64.